The number of fused-ring (bicyclic) bond motifs is 3. The van der Waals surface area contributed by atoms with E-state index in [1.54, 1.807) is 61.1 Å². The lowest BCUT2D eigenvalue weighted by atomic mass is 9.64. The van der Waals surface area contributed by atoms with Gasteiger partial charge in [-0.25, -0.2) is 4.98 Å². The van der Waals surface area contributed by atoms with Crippen LogP contribution in [-0.2, 0) is 17.2 Å². The van der Waals surface area contributed by atoms with Crippen LogP contribution in [0.4, 0.5) is 13.2 Å². The summed E-state index contributed by atoms with van der Waals surface area (Å²) in [6.07, 6.45) is -1.20. The van der Waals surface area contributed by atoms with E-state index in [0.717, 1.165) is 12.1 Å². The number of hydrogen-bond donors (Lipinski definition) is 1. The minimum atomic E-state index is -4.49. The van der Waals surface area contributed by atoms with Gasteiger partial charge in [0.05, 0.1) is 16.7 Å². The Balaban J connectivity index is 2.10. The molecule has 6 heteroatoms. The monoisotopic (exact) mass is 358 g/mol. The standard InChI is InChI=1S/C20H17F3N2O/c1-18(2)17-24-10-11-25(17)16-9-8-14(20(21,22)23)12-15(16)19(18,26)13-6-4-3-5-7-13/h3-12,26H,1-2H3. The summed E-state index contributed by atoms with van der Waals surface area (Å²) in [4.78, 5) is 4.38. The number of hydrogen-bond acceptors (Lipinski definition) is 2. The van der Waals surface area contributed by atoms with E-state index in [1.165, 1.54) is 6.07 Å². The summed E-state index contributed by atoms with van der Waals surface area (Å²) >= 11 is 0. The molecule has 1 aliphatic heterocycles. The summed E-state index contributed by atoms with van der Waals surface area (Å²) in [5.74, 6) is 0.594. The maximum Gasteiger partial charge on any atom is 0.416 e. The SMILES string of the molecule is CC1(C)c2nccn2-c2ccc(C(F)(F)F)cc2C1(O)c1ccccc1. The highest BCUT2D eigenvalue weighted by atomic mass is 19.4. The summed E-state index contributed by atoms with van der Waals surface area (Å²) < 4.78 is 41.8. The lowest BCUT2D eigenvalue weighted by molar-refractivity contribution is -0.137. The summed E-state index contributed by atoms with van der Waals surface area (Å²) in [7, 11) is 0. The zero-order chi connectivity index (χ0) is 18.7. The zero-order valence-electron chi connectivity index (χ0n) is 14.2. The predicted octanol–water partition coefficient (Wildman–Crippen LogP) is 4.42. The molecular formula is C20H17F3N2O. The van der Waals surface area contributed by atoms with Crippen molar-refractivity contribution in [1.29, 1.82) is 0 Å². The second-order valence-corrected chi connectivity index (χ2v) is 7.05. The molecule has 3 aromatic rings. The number of aliphatic hydroxyl groups is 1. The molecule has 0 fully saturated rings. The highest BCUT2D eigenvalue weighted by Crippen LogP contribution is 2.52. The molecule has 1 atom stereocenters. The first-order valence-corrected chi connectivity index (χ1v) is 8.21. The lowest BCUT2D eigenvalue weighted by Crippen LogP contribution is -2.51. The van der Waals surface area contributed by atoms with Crippen molar-refractivity contribution in [3.63, 3.8) is 0 Å². The molecule has 2 aromatic carbocycles. The first-order chi connectivity index (χ1) is 12.2. The second-order valence-electron chi connectivity index (χ2n) is 7.05. The third-order valence-electron chi connectivity index (χ3n) is 5.27. The molecule has 0 radical (unpaired) electrons. The van der Waals surface area contributed by atoms with Crippen molar-refractivity contribution in [1.82, 2.24) is 9.55 Å². The molecule has 0 saturated heterocycles. The molecule has 1 N–H and O–H groups in total. The van der Waals surface area contributed by atoms with E-state index in [0.29, 0.717) is 17.1 Å². The summed E-state index contributed by atoms with van der Waals surface area (Å²) in [6.45, 7) is 3.59. The van der Waals surface area contributed by atoms with Gasteiger partial charge in [0.2, 0.25) is 0 Å². The number of aromatic nitrogens is 2. The smallest absolute Gasteiger partial charge is 0.379 e. The van der Waals surface area contributed by atoms with E-state index in [1.807, 2.05) is 0 Å². The normalized spacial score (nSPS) is 21.2. The van der Waals surface area contributed by atoms with Crippen molar-refractivity contribution >= 4 is 0 Å². The molecule has 3 nitrogen and oxygen atoms in total. The molecule has 1 unspecified atom stereocenters. The molecule has 0 amide bonds. The van der Waals surface area contributed by atoms with Gasteiger partial charge >= 0.3 is 6.18 Å². The Morgan fingerprint density at radius 3 is 2.38 bits per heavy atom. The molecule has 1 aliphatic rings. The van der Waals surface area contributed by atoms with E-state index in [4.69, 9.17) is 0 Å². The first-order valence-electron chi connectivity index (χ1n) is 8.21. The lowest BCUT2D eigenvalue weighted by Gasteiger charge is -2.47. The highest BCUT2D eigenvalue weighted by Gasteiger charge is 2.54. The highest BCUT2D eigenvalue weighted by molar-refractivity contribution is 5.58. The fraction of sp³-hybridized carbons (Fsp3) is 0.250. The van der Waals surface area contributed by atoms with Gasteiger partial charge in [-0.3, -0.25) is 0 Å². The van der Waals surface area contributed by atoms with Gasteiger partial charge in [-0.15, -0.1) is 0 Å². The maximum atomic E-state index is 13.3. The minimum Gasteiger partial charge on any atom is -0.379 e. The molecule has 0 spiro atoms. The molecule has 134 valence electrons. The van der Waals surface area contributed by atoms with Crippen molar-refractivity contribution in [2.75, 3.05) is 0 Å². The zero-order valence-corrected chi connectivity index (χ0v) is 14.2. The maximum absolute atomic E-state index is 13.3. The van der Waals surface area contributed by atoms with E-state index >= 15 is 0 Å². The third kappa shape index (κ3) is 2.08. The Morgan fingerprint density at radius 2 is 1.73 bits per heavy atom. The number of rotatable bonds is 1. The Labute approximate surface area is 148 Å². The van der Waals surface area contributed by atoms with Crippen LogP contribution >= 0.6 is 0 Å². The van der Waals surface area contributed by atoms with Crippen LogP contribution in [0.2, 0.25) is 0 Å². The largest absolute Gasteiger partial charge is 0.416 e. The van der Waals surface area contributed by atoms with E-state index < -0.39 is 22.8 Å². The van der Waals surface area contributed by atoms with Gasteiger partial charge in [0, 0.05) is 18.0 Å². The topological polar surface area (TPSA) is 38.0 Å². The molecule has 0 bridgehead atoms. The van der Waals surface area contributed by atoms with Crippen molar-refractivity contribution in [2.45, 2.75) is 31.0 Å². The number of nitrogens with zero attached hydrogens (tertiary/aromatic N) is 2. The average molecular weight is 358 g/mol. The van der Waals surface area contributed by atoms with Gasteiger partial charge in [0.25, 0.3) is 0 Å². The molecule has 4 rings (SSSR count). The fourth-order valence-electron chi connectivity index (χ4n) is 3.87. The van der Waals surface area contributed by atoms with Gasteiger partial charge in [-0.05, 0) is 37.6 Å². The van der Waals surface area contributed by atoms with Crippen LogP contribution in [0.3, 0.4) is 0 Å². The summed E-state index contributed by atoms with van der Waals surface area (Å²) in [5.41, 5.74) is -2.16. The van der Waals surface area contributed by atoms with Crippen molar-refractivity contribution < 1.29 is 18.3 Å². The van der Waals surface area contributed by atoms with E-state index in [9.17, 15) is 18.3 Å². The molecule has 2 heterocycles. The number of halogens is 3. The van der Waals surface area contributed by atoms with E-state index in [2.05, 4.69) is 4.98 Å². The Morgan fingerprint density at radius 1 is 1.04 bits per heavy atom. The Hall–Kier alpha value is -2.60. The molecule has 26 heavy (non-hydrogen) atoms. The Bertz CT molecular complexity index is 976. The van der Waals surface area contributed by atoms with Crippen molar-refractivity contribution in [3.05, 3.63) is 83.4 Å². The number of alkyl halides is 3. The van der Waals surface area contributed by atoms with E-state index in [-0.39, 0.29) is 5.56 Å². The fourth-order valence-corrected chi connectivity index (χ4v) is 3.87. The van der Waals surface area contributed by atoms with Crippen LogP contribution in [0.25, 0.3) is 5.69 Å². The quantitative estimate of drug-likeness (QED) is 0.699. The summed E-state index contributed by atoms with van der Waals surface area (Å²) in [5, 5.41) is 11.9. The molecular weight excluding hydrogens is 341 g/mol. The minimum absolute atomic E-state index is 0.217. The molecule has 0 saturated carbocycles. The Kier molecular flexibility index (Phi) is 3.37. The van der Waals surface area contributed by atoms with Crippen LogP contribution in [0.15, 0.2) is 60.9 Å². The van der Waals surface area contributed by atoms with Gasteiger partial charge in [0.1, 0.15) is 11.4 Å². The van der Waals surface area contributed by atoms with Crippen LogP contribution in [0.5, 0.6) is 0 Å². The molecule has 1 aromatic heterocycles. The summed E-state index contributed by atoms with van der Waals surface area (Å²) in [6, 6.07) is 12.3. The van der Waals surface area contributed by atoms with Gasteiger partial charge < -0.3 is 9.67 Å². The van der Waals surface area contributed by atoms with Gasteiger partial charge in [-0.2, -0.15) is 13.2 Å². The van der Waals surface area contributed by atoms with Gasteiger partial charge in [0.15, 0.2) is 0 Å². The van der Waals surface area contributed by atoms with Crippen LogP contribution in [-0.4, -0.2) is 14.7 Å². The predicted molar refractivity (Wildman–Crippen MR) is 91.0 cm³/mol. The van der Waals surface area contributed by atoms with Crippen molar-refractivity contribution in [3.8, 4) is 5.69 Å². The van der Waals surface area contributed by atoms with Gasteiger partial charge in [-0.1, -0.05) is 30.3 Å². The molecule has 0 aliphatic carbocycles. The number of imidazole rings is 1. The third-order valence-corrected chi connectivity index (χ3v) is 5.27. The average Bonchev–Trinajstić information content (AvgIpc) is 3.10. The van der Waals surface area contributed by atoms with Crippen LogP contribution < -0.4 is 0 Å². The van der Waals surface area contributed by atoms with Crippen molar-refractivity contribution in [2.24, 2.45) is 0 Å². The first kappa shape index (κ1) is 16.8. The number of benzene rings is 2. The second kappa shape index (κ2) is 5.20. The van der Waals surface area contributed by atoms with Crippen LogP contribution in [0.1, 0.15) is 36.4 Å². The van der Waals surface area contributed by atoms with Crippen LogP contribution in [0, 0.1) is 0 Å².